The maximum atomic E-state index is 9.74. The van der Waals surface area contributed by atoms with Gasteiger partial charge in [-0.05, 0) is 43.4 Å². The average Bonchev–Trinajstić information content (AvgIpc) is 2.37. The third kappa shape index (κ3) is 4.89. The predicted molar refractivity (Wildman–Crippen MR) is 78.7 cm³/mol. The van der Waals surface area contributed by atoms with E-state index in [1.807, 2.05) is 0 Å². The zero-order chi connectivity index (χ0) is 13.6. The molecule has 0 spiro atoms. The molecule has 2 N–H and O–H groups in total. The molecule has 0 radical (unpaired) electrons. The summed E-state index contributed by atoms with van der Waals surface area (Å²) < 4.78 is 0. The van der Waals surface area contributed by atoms with E-state index in [2.05, 4.69) is 33.0 Å². The van der Waals surface area contributed by atoms with Crippen LogP contribution in [0.4, 0.5) is 0 Å². The van der Waals surface area contributed by atoms with E-state index in [-0.39, 0.29) is 6.10 Å². The predicted octanol–water partition coefficient (Wildman–Crippen LogP) is 3.73. The first-order valence-corrected chi connectivity index (χ1v) is 7.91. The minimum absolute atomic E-state index is 0.153. The van der Waals surface area contributed by atoms with Crippen molar-refractivity contribution in [3.05, 3.63) is 0 Å². The molecule has 0 aromatic carbocycles. The molecule has 108 valence electrons. The summed E-state index contributed by atoms with van der Waals surface area (Å²) in [7, 11) is 0. The Morgan fingerprint density at radius 3 is 2.28 bits per heavy atom. The molecular formula is C16H33NO. The second-order valence-electron chi connectivity index (χ2n) is 6.74. The van der Waals surface area contributed by atoms with Crippen LogP contribution in [-0.4, -0.2) is 23.8 Å². The second-order valence-corrected chi connectivity index (χ2v) is 6.74. The van der Waals surface area contributed by atoms with E-state index in [1.165, 1.54) is 32.1 Å². The first kappa shape index (κ1) is 16.0. The monoisotopic (exact) mass is 255 g/mol. The van der Waals surface area contributed by atoms with Crippen molar-refractivity contribution in [3.63, 3.8) is 0 Å². The van der Waals surface area contributed by atoms with Crippen LogP contribution in [0.2, 0.25) is 0 Å². The van der Waals surface area contributed by atoms with Gasteiger partial charge in [0.25, 0.3) is 0 Å². The second kappa shape index (κ2) is 7.49. The summed E-state index contributed by atoms with van der Waals surface area (Å²) >= 11 is 0. The van der Waals surface area contributed by atoms with Gasteiger partial charge in [0, 0.05) is 12.6 Å². The smallest absolute Gasteiger partial charge is 0.0664 e. The average molecular weight is 255 g/mol. The van der Waals surface area contributed by atoms with Crippen molar-refractivity contribution >= 4 is 0 Å². The van der Waals surface area contributed by atoms with Gasteiger partial charge in [0.05, 0.1) is 6.10 Å². The zero-order valence-corrected chi connectivity index (χ0v) is 12.8. The number of hydrogen-bond donors (Lipinski definition) is 2. The molecule has 1 fully saturated rings. The van der Waals surface area contributed by atoms with Crippen LogP contribution < -0.4 is 5.32 Å². The van der Waals surface area contributed by atoms with Crippen LogP contribution in [0.15, 0.2) is 0 Å². The molecule has 1 rings (SSSR count). The number of rotatable bonds is 7. The number of hydrogen-bond acceptors (Lipinski definition) is 2. The van der Waals surface area contributed by atoms with E-state index < -0.39 is 0 Å². The largest absolute Gasteiger partial charge is 0.392 e. The van der Waals surface area contributed by atoms with Crippen molar-refractivity contribution in [2.45, 2.75) is 84.8 Å². The summed E-state index contributed by atoms with van der Waals surface area (Å²) in [5.74, 6) is 0.890. The van der Waals surface area contributed by atoms with E-state index in [0.29, 0.717) is 11.5 Å². The SMILES string of the molecule is CCCC(O)CNC1CCC(C(C)(C)CC)CC1. The molecule has 2 nitrogen and oxygen atoms in total. The molecule has 1 saturated carbocycles. The summed E-state index contributed by atoms with van der Waals surface area (Å²) in [4.78, 5) is 0. The highest BCUT2D eigenvalue weighted by Gasteiger charge is 2.31. The van der Waals surface area contributed by atoms with Crippen molar-refractivity contribution in [3.8, 4) is 0 Å². The molecule has 2 heteroatoms. The lowest BCUT2D eigenvalue weighted by atomic mass is 9.69. The Balaban J connectivity index is 2.23. The topological polar surface area (TPSA) is 32.3 Å². The molecule has 0 aromatic rings. The van der Waals surface area contributed by atoms with Crippen LogP contribution >= 0.6 is 0 Å². The van der Waals surface area contributed by atoms with E-state index in [9.17, 15) is 5.11 Å². The first-order chi connectivity index (χ1) is 8.49. The highest BCUT2D eigenvalue weighted by molar-refractivity contribution is 4.85. The highest BCUT2D eigenvalue weighted by atomic mass is 16.3. The van der Waals surface area contributed by atoms with Crippen LogP contribution in [0, 0.1) is 11.3 Å². The molecule has 0 aromatic heterocycles. The fourth-order valence-electron chi connectivity index (χ4n) is 3.11. The van der Waals surface area contributed by atoms with Crippen molar-refractivity contribution in [2.24, 2.45) is 11.3 Å². The number of aliphatic hydroxyl groups excluding tert-OH is 1. The Labute approximate surface area is 114 Å². The van der Waals surface area contributed by atoms with E-state index >= 15 is 0 Å². The summed E-state index contributed by atoms with van der Waals surface area (Å²) in [5.41, 5.74) is 0.507. The highest BCUT2D eigenvalue weighted by Crippen LogP contribution is 2.40. The Bertz CT molecular complexity index is 219. The van der Waals surface area contributed by atoms with Crippen molar-refractivity contribution < 1.29 is 5.11 Å². The van der Waals surface area contributed by atoms with E-state index in [1.54, 1.807) is 0 Å². The van der Waals surface area contributed by atoms with Crippen LogP contribution in [0.3, 0.4) is 0 Å². The van der Waals surface area contributed by atoms with Gasteiger partial charge in [-0.15, -0.1) is 0 Å². The van der Waals surface area contributed by atoms with Crippen LogP contribution in [0.1, 0.15) is 72.6 Å². The fraction of sp³-hybridized carbons (Fsp3) is 1.00. The van der Waals surface area contributed by atoms with Gasteiger partial charge in [-0.2, -0.15) is 0 Å². The van der Waals surface area contributed by atoms with Gasteiger partial charge in [-0.3, -0.25) is 0 Å². The standard InChI is InChI=1S/C16H33NO/c1-5-7-15(18)12-17-14-10-8-13(9-11-14)16(3,4)6-2/h13-15,17-18H,5-12H2,1-4H3. The zero-order valence-electron chi connectivity index (χ0n) is 12.8. The Morgan fingerprint density at radius 2 is 1.78 bits per heavy atom. The van der Waals surface area contributed by atoms with Crippen LogP contribution in [0.25, 0.3) is 0 Å². The molecule has 1 atom stereocenters. The maximum Gasteiger partial charge on any atom is 0.0664 e. The van der Waals surface area contributed by atoms with Crippen LogP contribution in [-0.2, 0) is 0 Å². The van der Waals surface area contributed by atoms with E-state index in [0.717, 1.165) is 25.3 Å². The Hall–Kier alpha value is -0.0800. The summed E-state index contributed by atoms with van der Waals surface area (Å²) in [6.45, 7) is 10.0. The van der Waals surface area contributed by atoms with Crippen LogP contribution in [0.5, 0.6) is 0 Å². The molecule has 0 heterocycles. The Morgan fingerprint density at radius 1 is 1.17 bits per heavy atom. The third-order valence-electron chi connectivity index (χ3n) is 5.01. The van der Waals surface area contributed by atoms with Crippen molar-refractivity contribution in [2.75, 3.05) is 6.54 Å². The van der Waals surface area contributed by atoms with Gasteiger partial charge in [-0.1, -0.05) is 40.5 Å². The van der Waals surface area contributed by atoms with Crippen molar-refractivity contribution in [1.82, 2.24) is 5.32 Å². The summed E-state index contributed by atoms with van der Waals surface area (Å²) in [5, 5.41) is 13.3. The normalized spacial score (nSPS) is 27.2. The molecule has 1 aliphatic rings. The molecule has 0 bridgehead atoms. The summed E-state index contributed by atoms with van der Waals surface area (Å²) in [6.07, 6.45) is 8.39. The van der Waals surface area contributed by atoms with Gasteiger partial charge in [0.1, 0.15) is 0 Å². The molecule has 1 unspecified atom stereocenters. The van der Waals surface area contributed by atoms with Gasteiger partial charge in [0.15, 0.2) is 0 Å². The van der Waals surface area contributed by atoms with Gasteiger partial charge >= 0.3 is 0 Å². The van der Waals surface area contributed by atoms with E-state index in [4.69, 9.17) is 0 Å². The lowest BCUT2D eigenvalue weighted by Gasteiger charge is -2.39. The number of aliphatic hydroxyl groups is 1. The third-order valence-corrected chi connectivity index (χ3v) is 5.01. The molecule has 1 aliphatic carbocycles. The lowest BCUT2D eigenvalue weighted by molar-refractivity contribution is 0.122. The number of nitrogens with one attached hydrogen (secondary N) is 1. The van der Waals surface area contributed by atoms with Gasteiger partial charge in [0.2, 0.25) is 0 Å². The lowest BCUT2D eigenvalue weighted by Crippen LogP contribution is -2.40. The van der Waals surface area contributed by atoms with Gasteiger partial charge in [-0.25, -0.2) is 0 Å². The molecule has 18 heavy (non-hydrogen) atoms. The Kier molecular flexibility index (Phi) is 6.65. The molecule has 0 amide bonds. The summed E-state index contributed by atoms with van der Waals surface area (Å²) in [6, 6.07) is 0.639. The molecular weight excluding hydrogens is 222 g/mol. The van der Waals surface area contributed by atoms with Crippen molar-refractivity contribution in [1.29, 1.82) is 0 Å². The van der Waals surface area contributed by atoms with Gasteiger partial charge < -0.3 is 10.4 Å². The minimum Gasteiger partial charge on any atom is -0.392 e. The quantitative estimate of drug-likeness (QED) is 0.726. The maximum absolute atomic E-state index is 9.74. The minimum atomic E-state index is -0.153. The first-order valence-electron chi connectivity index (χ1n) is 7.91. The fourth-order valence-corrected chi connectivity index (χ4v) is 3.11. The molecule has 0 saturated heterocycles. The molecule has 0 aliphatic heterocycles.